The molecule has 0 radical (unpaired) electrons. The van der Waals surface area contributed by atoms with Gasteiger partial charge in [-0.2, -0.15) is 4.99 Å². The maximum absolute atomic E-state index is 12.3. The van der Waals surface area contributed by atoms with Crippen molar-refractivity contribution in [2.24, 2.45) is 4.99 Å². The maximum atomic E-state index is 12.3. The second-order valence-electron chi connectivity index (χ2n) is 5.73. The fraction of sp³-hybridized carbons (Fsp3) is 0.250. The quantitative estimate of drug-likeness (QED) is 0.435. The summed E-state index contributed by atoms with van der Waals surface area (Å²) in [5.41, 5.74) is 1.37. The molecule has 0 fully saturated rings. The molecule has 0 saturated carbocycles. The average molecular weight is 417 g/mol. The van der Waals surface area contributed by atoms with Crippen molar-refractivity contribution < 1.29 is 19.1 Å². The minimum Gasteiger partial charge on any atom is -0.462 e. The lowest BCUT2D eigenvalue weighted by Crippen LogP contribution is -2.18. The van der Waals surface area contributed by atoms with Crippen molar-refractivity contribution in [3.63, 3.8) is 0 Å². The van der Waals surface area contributed by atoms with Gasteiger partial charge in [0, 0.05) is 24.6 Å². The van der Waals surface area contributed by atoms with Crippen LogP contribution in [0.1, 0.15) is 22.2 Å². The number of fused-ring (bicyclic) bond motifs is 1. The van der Waals surface area contributed by atoms with E-state index in [9.17, 15) is 9.59 Å². The van der Waals surface area contributed by atoms with Crippen LogP contribution in [0.2, 0.25) is 0 Å². The Morgan fingerprint density at radius 2 is 2.14 bits per heavy atom. The zero-order valence-electron chi connectivity index (χ0n) is 15.6. The summed E-state index contributed by atoms with van der Waals surface area (Å²) in [4.78, 5) is 30.1. The third kappa shape index (κ3) is 4.83. The smallest absolute Gasteiger partial charge is 0.338 e. The van der Waals surface area contributed by atoms with Crippen molar-refractivity contribution in [3.05, 3.63) is 57.0 Å². The molecular weight excluding hydrogens is 396 g/mol. The van der Waals surface area contributed by atoms with Crippen LogP contribution in [0.25, 0.3) is 16.3 Å². The van der Waals surface area contributed by atoms with E-state index in [2.05, 4.69) is 4.99 Å². The second kappa shape index (κ2) is 9.59. The van der Waals surface area contributed by atoms with Gasteiger partial charge < -0.3 is 14.0 Å². The molecule has 146 valence electrons. The van der Waals surface area contributed by atoms with Crippen molar-refractivity contribution in [2.75, 3.05) is 20.3 Å². The van der Waals surface area contributed by atoms with Crippen molar-refractivity contribution in [1.29, 1.82) is 0 Å². The van der Waals surface area contributed by atoms with Crippen LogP contribution in [0, 0.1) is 0 Å². The average Bonchev–Trinajstić information content (AvgIpc) is 3.32. The normalized spacial score (nSPS) is 12.1. The van der Waals surface area contributed by atoms with E-state index in [4.69, 9.17) is 9.47 Å². The molecule has 3 aromatic rings. The number of esters is 1. The third-order valence-corrected chi connectivity index (χ3v) is 5.73. The van der Waals surface area contributed by atoms with E-state index in [1.165, 1.54) is 17.4 Å². The number of ether oxygens (including phenoxy) is 2. The van der Waals surface area contributed by atoms with Crippen LogP contribution in [0.5, 0.6) is 0 Å². The topological polar surface area (TPSA) is 69.9 Å². The molecule has 28 heavy (non-hydrogen) atoms. The van der Waals surface area contributed by atoms with Gasteiger partial charge in [-0.05, 0) is 42.6 Å². The Morgan fingerprint density at radius 1 is 1.29 bits per heavy atom. The standard InChI is InChI=1S/C20H20N2O4S2/c1-3-26-19(24)14-6-8-16-17(13-14)28-20(22(16)10-11-25-2)21-18(23)9-7-15-5-4-12-27-15/h4-9,12-13H,3,10-11H2,1-2H3. The number of carbonyl (C=O) groups excluding carboxylic acids is 2. The molecule has 0 saturated heterocycles. The van der Waals surface area contributed by atoms with E-state index in [-0.39, 0.29) is 11.9 Å². The van der Waals surface area contributed by atoms with E-state index in [0.717, 1.165) is 15.1 Å². The van der Waals surface area contributed by atoms with Crippen molar-refractivity contribution >= 4 is 50.8 Å². The van der Waals surface area contributed by atoms with Gasteiger partial charge in [-0.1, -0.05) is 17.4 Å². The number of methoxy groups -OCH3 is 1. The third-order valence-electron chi connectivity index (χ3n) is 3.85. The predicted octanol–water partition coefficient (Wildman–Crippen LogP) is 3.73. The fourth-order valence-corrected chi connectivity index (χ4v) is 4.29. The van der Waals surface area contributed by atoms with Crippen LogP contribution < -0.4 is 4.80 Å². The van der Waals surface area contributed by atoms with Gasteiger partial charge in [0.15, 0.2) is 4.80 Å². The van der Waals surface area contributed by atoms with Gasteiger partial charge in [0.05, 0.1) is 29.0 Å². The summed E-state index contributed by atoms with van der Waals surface area (Å²) in [6.07, 6.45) is 3.21. The lowest BCUT2D eigenvalue weighted by atomic mass is 10.2. The highest BCUT2D eigenvalue weighted by atomic mass is 32.1. The van der Waals surface area contributed by atoms with Crippen LogP contribution in [-0.2, 0) is 20.8 Å². The summed E-state index contributed by atoms with van der Waals surface area (Å²) < 4.78 is 13.0. The first kappa shape index (κ1) is 20.2. The van der Waals surface area contributed by atoms with E-state index >= 15 is 0 Å². The summed E-state index contributed by atoms with van der Waals surface area (Å²) >= 11 is 2.91. The molecule has 2 aromatic heterocycles. The number of hydrogen-bond acceptors (Lipinski definition) is 6. The SMILES string of the molecule is CCOC(=O)c1ccc2c(c1)sc(=NC(=O)C=Cc1cccs1)n2CCOC. The second-order valence-corrected chi connectivity index (χ2v) is 7.72. The van der Waals surface area contributed by atoms with Gasteiger partial charge in [-0.15, -0.1) is 11.3 Å². The lowest BCUT2D eigenvalue weighted by Gasteiger charge is -2.05. The minimum absolute atomic E-state index is 0.320. The van der Waals surface area contributed by atoms with Crippen molar-refractivity contribution in [3.8, 4) is 0 Å². The number of hydrogen-bond donors (Lipinski definition) is 0. The summed E-state index contributed by atoms with van der Waals surface area (Å²) in [7, 11) is 1.62. The zero-order valence-corrected chi connectivity index (χ0v) is 17.2. The number of nitrogens with zero attached hydrogens (tertiary/aromatic N) is 2. The summed E-state index contributed by atoms with van der Waals surface area (Å²) in [6.45, 7) is 3.13. The molecule has 0 bridgehead atoms. The Morgan fingerprint density at radius 3 is 2.86 bits per heavy atom. The van der Waals surface area contributed by atoms with Crippen LogP contribution in [-0.4, -0.2) is 36.8 Å². The Hall–Kier alpha value is -2.55. The maximum Gasteiger partial charge on any atom is 0.338 e. The monoisotopic (exact) mass is 416 g/mol. The van der Waals surface area contributed by atoms with Crippen molar-refractivity contribution in [1.82, 2.24) is 4.57 Å². The molecule has 0 atom stereocenters. The molecule has 3 rings (SSSR count). The van der Waals surface area contributed by atoms with Gasteiger partial charge in [-0.25, -0.2) is 4.79 Å². The summed E-state index contributed by atoms with van der Waals surface area (Å²) in [5, 5.41) is 1.95. The number of amides is 1. The fourth-order valence-electron chi connectivity index (χ4n) is 2.57. The van der Waals surface area contributed by atoms with Crippen LogP contribution in [0.3, 0.4) is 0 Å². The Bertz CT molecular complexity index is 1060. The number of thiophene rings is 1. The first-order valence-electron chi connectivity index (χ1n) is 8.72. The molecule has 0 aliphatic heterocycles. The van der Waals surface area contributed by atoms with Gasteiger partial charge in [-0.3, -0.25) is 4.79 Å². The molecular formula is C20H20N2O4S2. The molecule has 6 nitrogen and oxygen atoms in total. The van der Waals surface area contributed by atoms with E-state index in [0.29, 0.717) is 30.1 Å². The van der Waals surface area contributed by atoms with E-state index < -0.39 is 0 Å². The van der Waals surface area contributed by atoms with Crippen LogP contribution in [0.4, 0.5) is 0 Å². The Kier molecular flexibility index (Phi) is 6.91. The Balaban J connectivity index is 1.99. The highest BCUT2D eigenvalue weighted by molar-refractivity contribution is 7.16. The summed E-state index contributed by atoms with van der Waals surface area (Å²) in [5.74, 6) is -0.702. The molecule has 0 unspecified atom stereocenters. The molecule has 2 heterocycles. The van der Waals surface area contributed by atoms with Gasteiger partial charge in [0.25, 0.3) is 5.91 Å². The largest absolute Gasteiger partial charge is 0.462 e. The van der Waals surface area contributed by atoms with Crippen LogP contribution >= 0.6 is 22.7 Å². The predicted molar refractivity (Wildman–Crippen MR) is 112 cm³/mol. The molecule has 1 aromatic carbocycles. The number of rotatable bonds is 7. The summed E-state index contributed by atoms with van der Waals surface area (Å²) in [6, 6.07) is 9.20. The Labute approximate surface area is 170 Å². The van der Waals surface area contributed by atoms with Crippen molar-refractivity contribution in [2.45, 2.75) is 13.5 Å². The van der Waals surface area contributed by atoms with Gasteiger partial charge in [0.2, 0.25) is 0 Å². The lowest BCUT2D eigenvalue weighted by molar-refractivity contribution is -0.113. The van der Waals surface area contributed by atoms with Gasteiger partial charge >= 0.3 is 5.97 Å². The first-order valence-corrected chi connectivity index (χ1v) is 10.4. The highest BCUT2D eigenvalue weighted by Gasteiger charge is 2.12. The number of benzene rings is 1. The van der Waals surface area contributed by atoms with E-state index in [1.54, 1.807) is 43.6 Å². The highest BCUT2D eigenvalue weighted by Crippen LogP contribution is 2.20. The number of thiazole rings is 1. The molecule has 8 heteroatoms. The first-order chi connectivity index (χ1) is 13.6. The molecule has 0 N–H and O–H groups in total. The number of aromatic nitrogens is 1. The minimum atomic E-state index is -0.366. The number of carbonyl (C=O) groups is 2. The molecule has 0 spiro atoms. The van der Waals surface area contributed by atoms with E-state index in [1.807, 2.05) is 28.1 Å². The zero-order chi connectivity index (χ0) is 19.9. The molecule has 0 aliphatic carbocycles. The molecule has 0 aliphatic rings. The molecule has 1 amide bonds. The van der Waals surface area contributed by atoms with Gasteiger partial charge in [0.1, 0.15) is 0 Å². The van der Waals surface area contributed by atoms with Crippen LogP contribution in [0.15, 0.2) is 46.8 Å².